The SMILES string of the molecule is COC(=O)C[C@H]1C[C@@H](C)c2cc(Br)cc3[nH]c(=O)c(=O)n1c23. The van der Waals surface area contributed by atoms with Crippen molar-refractivity contribution in [1.82, 2.24) is 9.55 Å². The van der Waals surface area contributed by atoms with Crippen LogP contribution in [0.1, 0.15) is 37.3 Å². The van der Waals surface area contributed by atoms with Crippen LogP contribution in [0.3, 0.4) is 0 Å². The monoisotopic (exact) mass is 366 g/mol. The number of nitrogens with zero attached hydrogens (tertiary/aromatic N) is 1. The number of ether oxygens (including phenoxy) is 1. The Morgan fingerprint density at radius 1 is 1.45 bits per heavy atom. The lowest BCUT2D eigenvalue weighted by atomic mass is 9.87. The Balaban J connectivity index is 2.35. The van der Waals surface area contributed by atoms with Crippen molar-refractivity contribution >= 4 is 32.9 Å². The zero-order valence-corrected chi connectivity index (χ0v) is 13.8. The molecule has 1 aliphatic heterocycles. The van der Waals surface area contributed by atoms with Gasteiger partial charge in [0.05, 0.1) is 24.6 Å². The van der Waals surface area contributed by atoms with E-state index in [1.807, 2.05) is 13.0 Å². The number of aromatic nitrogens is 2. The molecule has 3 rings (SSSR count). The molecule has 2 aromatic rings. The number of rotatable bonds is 2. The summed E-state index contributed by atoms with van der Waals surface area (Å²) in [6.07, 6.45) is 0.686. The van der Waals surface area contributed by atoms with Crippen LogP contribution in [0.15, 0.2) is 26.2 Å². The van der Waals surface area contributed by atoms with E-state index in [0.29, 0.717) is 17.5 Å². The molecule has 1 aromatic carbocycles. The molecule has 0 spiro atoms. The Morgan fingerprint density at radius 3 is 2.86 bits per heavy atom. The zero-order chi connectivity index (χ0) is 16.0. The first-order chi connectivity index (χ1) is 10.4. The first-order valence-electron chi connectivity index (χ1n) is 6.97. The van der Waals surface area contributed by atoms with Gasteiger partial charge in [0, 0.05) is 10.5 Å². The molecule has 1 aliphatic rings. The van der Waals surface area contributed by atoms with E-state index in [9.17, 15) is 14.4 Å². The Hall–Kier alpha value is -1.89. The fourth-order valence-electron chi connectivity index (χ4n) is 3.19. The standard InChI is InChI=1S/C15H15BrN2O4/c1-7-3-9(6-12(19)22-2)18-13-10(7)4-8(16)5-11(13)17-14(20)15(18)21/h4-5,7,9H,3,6H2,1-2H3,(H,17,20)/t7-,9-/m1/s1. The first-order valence-corrected chi connectivity index (χ1v) is 7.76. The van der Waals surface area contributed by atoms with E-state index in [2.05, 4.69) is 20.9 Å². The lowest BCUT2D eigenvalue weighted by Crippen LogP contribution is -2.41. The van der Waals surface area contributed by atoms with Crippen LogP contribution in [0.4, 0.5) is 0 Å². The molecule has 0 amide bonds. The minimum Gasteiger partial charge on any atom is -0.469 e. The summed E-state index contributed by atoms with van der Waals surface area (Å²) in [4.78, 5) is 38.5. The fraction of sp³-hybridized carbons (Fsp3) is 0.400. The normalized spacial score (nSPS) is 20.1. The summed E-state index contributed by atoms with van der Waals surface area (Å²) in [7, 11) is 1.32. The highest BCUT2D eigenvalue weighted by molar-refractivity contribution is 9.10. The van der Waals surface area contributed by atoms with Crippen molar-refractivity contribution in [2.45, 2.75) is 31.7 Å². The van der Waals surface area contributed by atoms with Crippen molar-refractivity contribution in [3.05, 3.63) is 42.9 Å². The molecule has 0 radical (unpaired) electrons. The number of hydrogen-bond donors (Lipinski definition) is 1. The molecule has 116 valence electrons. The van der Waals surface area contributed by atoms with Crippen LogP contribution in [-0.4, -0.2) is 22.6 Å². The second-order valence-corrected chi connectivity index (χ2v) is 6.51. The molecule has 2 heterocycles. The molecular formula is C15H15BrN2O4. The quantitative estimate of drug-likeness (QED) is 0.651. The van der Waals surface area contributed by atoms with E-state index < -0.39 is 17.1 Å². The molecule has 1 aromatic heterocycles. The minimum atomic E-state index is -0.680. The van der Waals surface area contributed by atoms with Gasteiger partial charge in [-0.05, 0) is 30.0 Å². The summed E-state index contributed by atoms with van der Waals surface area (Å²) >= 11 is 3.43. The van der Waals surface area contributed by atoms with Gasteiger partial charge in [-0.25, -0.2) is 0 Å². The van der Waals surface area contributed by atoms with Gasteiger partial charge in [0.15, 0.2) is 0 Å². The molecule has 0 saturated carbocycles. The number of hydrogen-bond acceptors (Lipinski definition) is 4. The van der Waals surface area contributed by atoms with E-state index >= 15 is 0 Å². The largest absolute Gasteiger partial charge is 0.469 e. The Labute approximate surface area is 134 Å². The lowest BCUT2D eigenvalue weighted by molar-refractivity contribution is -0.141. The third-order valence-corrected chi connectivity index (χ3v) is 4.62. The number of nitrogens with one attached hydrogen (secondary N) is 1. The number of H-pyrrole nitrogens is 1. The highest BCUT2D eigenvalue weighted by atomic mass is 79.9. The number of carbonyl (C=O) groups is 1. The Bertz CT molecular complexity index is 883. The van der Waals surface area contributed by atoms with Crippen molar-refractivity contribution in [3.63, 3.8) is 0 Å². The summed E-state index contributed by atoms with van der Waals surface area (Å²) in [5.41, 5.74) is 0.965. The van der Waals surface area contributed by atoms with Crippen LogP contribution < -0.4 is 11.1 Å². The van der Waals surface area contributed by atoms with Crippen LogP contribution in [0.25, 0.3) is 11.0 Å². The molecule has 22 heavy (non-hydrogen) atoms. The van der Waals surface area contributed by atoms with Gasteiger partial charge < -0.3 is 9.72 Å². The van der Waals surface area contributed by atoms with E-state index in [-0.39, 0.29) is 18.4 Å². The van der Waals surface area contributed by atoms with Crippen LogP contribution in [0.2, 0.25) is 0 Å². The van der Waals surface area contributed by atoms with Gasteiger partial charge in [0.25, 0.3) is 0 Å². The van der Waals surface area contributed by atoms with Gasteiger partial charge in [-0.2, -0.15) is 0 Å². The molecule has 6 nitrogen and oxygen atoms in total. The van der Waals surface area contributed by atoms with Gasteiger partial charge >= 0.3 is 17.1 Å². The smallest absolute Gasteiger partial charge is 0.317 e. The Morgan fingerprint density at radius 2 is 2.18 bits per heavy atom. The van der Waals surface area contributed by atoms with Gasteiger partial charge in [-0.15, -0.1) is 0 Å². The summed E-state index contributed by atoms with van der Waals surface area (Å²) < 4.78 is 7.01. The van der Waals surface area contributed by atoms with Crippen LogP contribution in [0.5, 0.6) is 0 Å². The highest BCUT2D eigenvalue weighted by Gasteiger charge is 2.30. The molecule has 0 fully saturated rings. The number of aromatic amines is 1. The van der Waals surface area contributed by atoms with E-state index in [4.69, 9.17) is 4.74 Å². The van der Waals surface area contributed by atoms with Gasteiger partial charge in [0.1, 0.15) is 0 Å². The molecule has 0 saturated heterocycles. The summed E-state index contributed by atoms with van der Waals surface area (Å²) in [5, 5.41) is 0. The van der Waals surface area contributed by atoms with Crippen LogP contribution >= 0.6 is 15.9 Å². The molecular weight excluding hydrogens is 352 g/mol. The topological polar surface area (TPSA) is 81.2 Å². The molecule has 2 atom stereocenters. The molecule has 0 unspecified atom stereocenters. The van der Waals surface area contributed by atoms with Crippen molar-refractivity contribution in [3.8, 4) is 0 Å². The van der Waals surface area contributed by atoms with Crippen LogP contribution in [-0.2, 0) is 9.53 Å². The maximum absolute atomic E-state index is 12.3. The summed E-state index contributed by atoms with van der Waals surface area (Å²) in [5.74, 6) is -0.224. The third-order valence-electron chi connectivity index (χ3n) is 4.16. The van der Waals surface area contributed by atoms with Gasteiger partial charge in [-0.1, -0.05) is 22.9 Å². The number of esters is 1. The van der Waals surface area contributed by atoms with Crippen molar-refractivity contribution < 1.29 is 9.53 Å². The molecule has 0 bridgehead atoms. The lowest BCUT2D eigenvalue weighted by Gasteiger charge is -2.31. The fourth-order valence-corrected chi connectivity index (χ4v) is 3.66. The van der Waals surface area contributed by atoms with E-state index in [0.717, 1.165) is 10.0 Å². The second-order valence-electron chi connectivity index (χ2n) is 5.59. The maximum Gasteiger partial charge on any atom is 0.317 e. The maximum atomic E-state index is 12.3. The summed E-state index contributed by atoms with van der Waals surface area (Å²) in [6.45, 7) is 2.05. The first kappa shape index (κ1) is 15.0. The van der Waals surface area contributed by atoms with E-state index in [1.54, 1.807) is 6.07 Å². The number of methoxy groups -OCH3 is 1. The van der Waals surface area contributed by atoms with Gasteiger partial charge in [0.2, 0.25) is 0 Å². The predicted molar refractivity (Wildman–Crippen MR) is 85.2 cm³/mol. The average molecular weight is 367 g/mol. The molecule has 7 heteroatoms. The summed E-state index contributed by atoms with van der Waals surface area (Å²) in [6, 6.07) is 3.35. The number of benzene rings is 1. The molecule has 1 N–H and O–H groups in total. The second kappa shape index (κ2) is 5.39. The minimum absolute atomic E-state index is 0.0782. The Kier molecular flexibility index (Phi) is 3.68. The predicted octanol–water partition coefficient (Wildman–Crippen LogP) is 2.06. The number of halogens is 1. The average Bonchev–Trinajstić information content (AvgIpc) is 2.46. The van der Waals surface area contributed by atoms with Crippen molar-refractivity contribution in [2.75, 3.05) is 7.11 Å². The zero-order valence-electron chi connectivity index (χ0n) is 12.2. The van der Waals surface area contributed by atoms with Gasteiger partial charge in [-0.3, -0.25) is 19.0 Å². The van der Waals surface area contributed by atoms with Crippen LogP contribution in [0, 0.1) is 0 Å². The molecule has 0 aliphatic carbocycles. The highest BCUT2D eigenvalue weighted by Crippen LogP contribution is 2.39. The van der Waals surface area contributed by atoms with Crippen molar-refractivity contribution in [1.29, 1.82) is 0 Å². The van der Waals surface area contributed by atoms with E-state index in [1.165, 1.54) is 11.7 Å². The number of carbonyl (C=O) groups excluding carboxylic acids is 1. The third kappa shape index (κ3) is 2.29. The van der Waals surface area contributed by atoms with Crippen molar-refractivity contribution in [2.24, 2.45) is 0 Å².